The molecular formula is C21H20N4O2. The number of hydrogen-bond donors (Lipinski definition) is 3. The van der Waals surface area contributed by atoms with E-state index in [1.165, 1.54) is 0 Å². The highest BCUT2D eigenvalue weighted by Gasteiger charge is 2.11. The van der Waals surface area contributed by atoms with Crippen LogP contribution in [-0.2, 0) is 17.8 Å². The molecule has 2 aromatic carbocycles. The van der Waals surface area contributed by atoms with E-state index >= 15 is 0 Å². The van der Waals surface area contributed by atoms with Crippen molar-refractivity contribution in [3.63, 3.8) is 0 Å². The molecule has 0 saturated carbocycles. The van der Waals surface area contributed by atoms with E-state index in [2.05, 4.69) is 4.98 Å². The fraction of sp³-hybridized carbons (Fsp3) is 0.0952. The lowest BCUT2D eigenvalue weighted by atomic mass is 10.1. The van der Waals surface area contributed by atoms with Crippen molar-refractivity contribution in [3.05, 3.63) is 89.6 Å². The van der Waals surface area contributed by atoms with Gasteiger partial charge in [0.1, 0.15) is 18.2 Å². The van der Waals surface area contributed by atoms with Crippen molar-refractivity contribution in [1.29, 1.82) is 10.8 Å². The van der Waals surface area contributed by atoms with Gasteiger partial charge < -0.3 is 15.2 Å². The van der Waals surface area contributed by atoms with Crippen LogP contribution in [-0.4, -0.2) is 16.8 Å². The summed E-state index contributed by atoms with van der Waals surface area (Å²) in [4.78, 5) is 3.91. The zero-order valence-electron chi connectivity index (χ0n) is 14.7. The quantitative estimate of drug-likeness (QED) is 0.459. The highest BCUT2D eigenvalue weighted by atomic mass is 16.5. The van der Waals surface area contributed by atoms with E-state index in [-0.39, 0.29) is 24.0 Å². The molecule has 0 aliphatic rings. The van der Waals surface area contributed by atoms with E-state index in [4.69, 9.17) is 26.0 Å². The maximum absolute atomic E-state index is 7.97. The molecule has 0 radical (unpaired) electrons. The molecule has 0 amide bonds. The van der Waals surface area contributed by atoms with Crippen LogP contribution in [0.5, 0.6) is 5.75 Å². The van der Waals surface area contributed by atoms with Gasteiger partial charge in [0.15, 0.2) is 5.90 Å². The SMILES string of the molecule is N=C(Cc1ccc(OCc2ccccc2)cc1)OC(=N)c1cccnc1N. The van der Waals surface area contributed by atoms with Gasteiger partial charge in [0.2, 0.25) is 5.90 Å². The molecular weight excluding hydrogens is 340 g/mol. The molecule has 136 valence electrons. The van der Waals surface area contributed by atoms with Crippen molar-refractivity contribution in [2.45, 2.75) is 13.0 Å². The van der Waals surface area contributed by atoms with Crippen LogP contribution < -0.4 is 10.5 Å². The molecule has 27 heavy (non-hydrogen) atoms. The topological polar surface area (TPSA) is 105 Å². The average Bonchev–Trinajstić information content (AvgIpc) is 2.68. The molecule has 3 rings (SSSR count). The number of rotatable bonds is 6. The molecule has 0 fully saturated rings. The predicted molar refractivity (Wildman–Crippen MR) is 105 cm³/mol. The van der Waals surface area contributed by atoms with Crippen LogP contribution in [0.15, 0.2) is 72.9 Å². The lowest BCUT2D eigenvalue weighted by molar-refractivity contribution is 0.306. The number of aromatic nitrogens is 1. The van der Waals surface area contributed by atoms with E-state index in [0.29, 0.717) is 12.2 Å². The van der Waals surface area contributed by atoms with Crippen LogP contribution in [0.2, 0.25) is 0 Å². The monoisotopic (exact) mass is 360 g/mol. The van der Waals surface area contributed by atoms with Crippen LogP contribution in [0, 0.1) is 10.8 Å². The summed E-state index contributed by atoms with van der Waals surface area (Å²) in [7, 11) is 0. The van der Waals surface area contributed by atoms with Crippen LogP contribution in [0.1, 0.15) is 16.7 Å². The van der Waals surface area contributed by atoms with Gasteiger partial charge in [0.05, 0.1) is 5.56 Å². The van der Waals surface area contributed by atoms with Gasteiger partial charge in [-0.15, -0.1) is 0 Å². The van der Waals surface area contributed by atoms with Crippen molar-refractivity contribution in [3.8, 4) is 5.75 Å². The largest absolute Gasteiger partial charge is 0.489 e. The summed E-state index contributed by atoms with van der Waals surface area (Å²) >= 11 is 0. The van der Waals surface area contributed by atoms with Gasteiger partial charge in [-0.1, -0.05) is 42.5 Å². The summed E-state index contributed by atoms with van der Waals surface area (Å²) in [6.45, 7) is 0.503. The van der Waals surface area contributed by atoms with Gasteiger partial charge in [0.25, 0.3) is 0 Å². The normalized spacial score (nSPS) is 10.2. The molecule has 1 heterocycles. The van der Waals surface area contributed by atoms with Gasteiger partial charge in [0, 0.05) is 12.6 Å². The zero-order valence-corrected chi connectivity index (χ0v) is 14.7. The van der Waals surface area contributed by atoms with E-state index in [1.807, 2.05) is 54.6 Å². The molecule has 0 aliphatic carbocycles. The first-order chi connectivity index (χ1) is 13.1. The number of hydrogen-bond acceptors (Lipinski definition) is 6. The Morgan fingerprint density at radius 1 is 0.889 bits per heavy atom. The highest BCUT2D eigenvalue weighted by Crippen LogP contribution is 2.15. The standard InChI is InChI=1S/C21H20N4O2/c22-19(27-21(24)18-7-4-12-25-20(18)23)13-15-8-10-17(11-9-15)26-14-16-5-2-1-3-6-16/h1-12,22,24H,13-14H2,(H2,23,25). The first-order valence-electron chi connectivity index (χ1n) is 8.42. The summed E-state index contributed by atoms with van der Waals surface area (Å²) in [5.74, 6) is 0.732. The first-order valence-corrected chi connectivity index (χ1v) is 8.42. The smallest absolute Gasteiger partial charge is 0.224 e. The van der Waals surface area contributed by atoms with Crippen molar-refractivity contribution in [2.75, 3.05) is 5.73 Å². The molecule has 6 nitrogen and oxygen atoms in total. The predicted octanol–water partition coefficient (Wildman–Crippen LogP) is 3.80. The van der Waals surface area contributed by atoms with Gasteiger partial charge in [-0.3, -0.25) is 10.8 Å². The molecule has 0 aliphatic heterocycles. The fourth-order valence-electron chi connectivity index (χ4n) is 2.45. The minimum Gasteiger partial charge on any atom is -0.489 e. The second kappa shape index (κ2) is 8.62. The molecule has 0 spiro atoms. The van der Waals surface area contributed by atoms with E-state index < -0.39 is 0 Å². The molecule has 0 saturated heterocycles. The summed E-state index contributed by atoms with van der Waals surface area (Å²) < 4.78 is 11.0. The third-order valence-corrected chi connectivity index (χ3v) is 3.84. The Kier molecular flexibility index (Phi) is 5.79. The second-order valence-corrected chi connectivity index (χ2v) is 5.89. The lowest BCUT2D eigenvalue weighted by Crippen LogP contribution is -2.15. The minimum absolute atomic E-state index is 0.0405. The van der Waals surface area contributed by atoms with E-state index in [0.717, 1.165) is 16.9 Å². The summed E-state index contributed by atoms with van der Waals surface area (Å²) in [6, 6.07) is 20.7. The fourth-order valence-corrected chi connectivity index (χ4v) is 2.45. The summed E-state index contributed by atoms with van der Waals surface area (Å²) in [6.07, 6.45) is 1.81. The summed E-state index contributed by atoms with van der Waals surface area (Å²) in [5, 5.41) is 15.9. The Morgan fingerprint density at radius 2 is 1.63 bits per heavy atom. The number of ether oxygens (including phenoxy) is 2. The van der Waals surface area contributed by atoms with Crippen molar-refractivity contribution >= 4 is 17.6 Å². The Balaban J connectivity index is 1.52. The lowest BCUT2D eigenvalue weighted by Gasteiger charge is -2.10. The molecule has 0 atom stereocenters. The van der Waals surface area contributed by atoms with Crippen molar-refractivity contribution < 1.29 is 9.47 Å². The van der Waals surface area contributed by atoms with Crippen LogP contribution >= 0.6 is 0 Å². The number of nitrogens with zero attached hydrogens (tertiary/aromatic N) is 1. The third-order valence-electron chi connectivity index (χ3n) is 3.84. The van der Waals surface area contributed by atoms with Crippen LogP contribution in [0.4, 0.5) is 5.82 Å². The van der Waals surface area contributed by atoms with Gasteiger partial charge in [-0.05, 0) is 35.4 Å². The molecule has 0 unspecified atom stereocenters. The van der Waals surface area contributed by atoms with E-state index in [1.54, 1.807) is 18.3 Å². The average molecular weight is 360 g/mol. The number of benzene rings is 2. The van der Waals surface area contributed by atoms with Crippen LogP contribution in [0.3, 0.4) is 0 Å². The summed E-state index contributed by atoms with van der Waals surface area (Å²) in [5.41, 5.74) is 8.08. The number of nitrogens with one attached hydrogen (secondary N) is 2. The highest BCUT2D eigenvalue weighted by molar-refractivity contribution is 6.02. The molecule has 0 bridgehead atoms. The minimum atomic E-state index is -0.187. The zero-order chi connectivity index (χ0) is 19.1. The van der Waals surface area contributed by atoms with Gasteiger partial charge in [-0.2, -0.15) is 0 Å². The maximum Gasteiger partial charge on any atom is 0.224 e. The molecule has 4 N–H and O–H groups in total. The number of pyridine rings is 1. The molecule has 1 aromatic heterocycles. The Hall–Kier alpha value is -3.67. The first kappa shape index (κ1) is 18.1. The van der Waals surface area contributed by atoms with Gasteiger partial charge in [-0.25, -0.2) is 4.98 Å². The number of nitrogen functional groups attached to an aromatic ring is 1. The van der Waals surface area contributed by atoms with Gasteiger partial charge >= 0.3 is 0 Å². The Labute approximate surface area is 157 Å². The maximum atomic E-state index is 7.97. The third kappa shape index (κ3) is 5.15. The van der Waals surface area contributed by atoms with Crippen molar-refractivity contribution in [2.24, 2.45) is 0 Å². The van der Waals surface area contributed by atoms with Crippen LogP contribution in [0.25, 0.3) is 0 Å². The Bertz CT molecular complexity index is 924. The number of anilines is 1. The second-order valence-electron chi connectivity index (χ2n) is 5.89. The molecule has 3 aromatic rings. The van der Waals surface area contributed by atoms with E-state index in [9.17, 15) is 0 Å². The van der Waals surface area contributed by atoms with Crippen molar-refractivity contribution in [1.82, 2.24) is 4.98 Å². The number of nitrogens with two attached hydrogens (primary N) is 1. The molecule has 6 heteroatoms. The Morgan fingerprint density at radius 3 is 2.33 bits per heavy atom.